The highest BCUT2D eigenvalue weighted by Crippen LogP contribution is 2.29. The Balaban J connectivity index is 2.01. The predicted octanol–water partition coefficient (Wildman–Crippen LogP) is 4.84. The fourth-order valence-electron chi connectivity index (χ4n) is 1.94. The van der Waals surface area contributed by atoms with Crippen LogP contribution in [0.4, 0.5) is 11.4 Å². The molecular weight excluding hydrogens is 437 g/mol. The number of ether oxygens (including phenoxy) is 1. The third-order valence-electron chi connectivity index (χ3n) is 3.21. The monoisotopic (exact) mass is 447 g/mol. The molecule has 2 aromatic rings. The Labute approximate surface area is 174 Å². The highest BCUT2D eigenvalue weighted by Gasteiger charge is 2.20. The minimum absolute atomic E-state index is 0.0871. The van der Waals surface area contributed by atoms with E-state index in [-0.39, 0.29) is 32.3 Å². The van der Waals surface area contributed by atoms with Crippen LogP contribution < -0.4 is 15.4 Å². The lowest BCUT2D eigenvalue weighted by Gasteiger charge is -2.16. The molecule has 0 aliphatic heterocycles. The van der Waals surface area contributed by atoms with Gasteiger partial charge in [0.2, 0.25) is 0 Å². The van der Waals surface area contributed by atoms with Gasteiger partial charge >= 0.3 is 0 Å². The fourth-order valence-corrected chi connectivity index (χ4v) is 2.77. The molecule has 2 aromatic carbocycles. The van der Waals surface area contributed by atoms with E-state index >= 15 is 0 Å². The van der Waals surface area contributed by atoms with E-state index in [4.69, 9.17) is 51.8 Å². The maximum absolute atomic E-state index is 12.2. The van der Waals surface area contributed by atoms with E-state index < -0.39 is 16.9 Å². The Kier molecular flexibility index (Phi) is 7.20. The van der Waals surface area contributed by atoms with E-state index in [1.165, 1.54) is 37.3 Å². The van der Waals surface area contributed by atoms with Gasteiger partial charge < -0.3 is 10.1 Å². The van der Waals surface area contributed by atoms with Crippen LogP contribution in [0.25, 0.3) is 0 Å². The summed E-state index contributed by atoms with van der Waals surface area (Å²) in [5, 5.41) is 16.8. The van der Waals surface area contributed by atoms with Crippen LogP contribution in [0, 0.1) is 10.1 Å². The van der Waals surface area contributed by atoms with Crippen molar-refractivity contribution in [3.63, 3.8) is 0 Å². The van der Waals surface area contributed by atoms with Crippen molar-refractivity contribution in [2.45, 2.75) is 13.0 Å². The molecule has 0 radical (unpaired) electrons. The SMILES string of the molecule is CC(Oc1ccc(Cl)cc1Cl)C(=O)NC(=S)Nc1ccc(Cl)cc1[N+](=O)[O-]. The molecule has 1 amide bonds. The maximum Gasteiger partial charge on any atom is 0.294 e. The van der Waals surface area contributed by atoms with Crippen LogP contribution in [0.5, 0.6) is 5.75 Å². The summed E-state index contributed by atoms with van der Waals surface area (Å²) in [5.41, 5.74) is -0.194. The number of hydrogen-bond donors (Lipinski definition) is 2. The predicted molar refractivity (Wildman–Crippen MR) is 109 cm³/mol. The summed E-state index contributed by atoms with van der Waals surface area (Å²) in [7, 11) is 0. The van der Waals surface area contributed by atoms with Crippen LogP contribution in [-0.4, -0.2) is 22.0 Å². The largest absolute Gasteiger partial charge is 0.479 e. The molecular formula is C16H12Cl3N3O4S. The lowest BCUT2D eigenvalue weighted by atomic mass is 10.2. The smallest absolute Gasteiger partial charge is 0.294 e. The van der Waals surface area contributed by atoms with Gasteiger partial charge in [-0.3, -0.25) is 20.2 Å². The van der Waals surface area contributed by atoms with Crippen LogP contribution >= 0.6 is 47.0 Å². The summed E-state index contributed by atoms with van der Waals surface area (Å²) in [4.78, 5) is 22.7. The average molecular weight is 449 g/mol. The minimum Gasteiger partial charge on any atom is -0.479 e. The van der Waals surface area contributed by atoms with Gasteiger partial charge in [0, 0.05) is 16.1 Å². The second kappa shape index (κ2) is 9.18. The molecule has 1 atom stereocenters. The van der Waals surface area contributed by atoms with Gasteiger partial charge in [-0.1, -0.05) is 34.8 Å². The third-order valence-corrected chi connectivity index (χ3v) is 4.18. The molecule has 1 unspecified atom stereocenters. The number of thiocarbonyl (C=S) groups is 1. The molecule has 7 nitrogen and oxygen atoms in total. The molecule has 27 heavy (non-hydrogen) atoms. The van der Waals surface area contributed by atoms with E-state index in [0.29, 0.717) is 5.02 Å². The standard InChI is InChI=1S/C16H12Cl3N3O4S/c1-8(26-14-5-3-9(17)6-11(14)19)15(23)21-16(27)20-12-4-2-10(18)7-13(12)22(24)25/h2-8H,1H3,(H2,20,21,23,27). The first kappa shape index (κ1) is 21.2. The maximum atomic E-state index is 12.2. The fraction of sp³-hybridized carbons (Fsp3) is 0.125. The van der Waals surface area contributed by atoms with Crippen molar-refractivity contribution in [3.8, 4) is 5.75 Å². The summed E-state index contributed by atoms with van der Waals surface area (Å²) >= 11 is 22.6. The molecule has 2 rings (SSSR count). The lowest BCUT2D eigenvalue weighted by molar-refractivity contribution is -0.383. The van der Waals surface area contributed by atoms with Gasteiger partial charge in [-0.15, -0.1) is 0 Å². The summed E-state index contributed by atoms with van der Waals surface area (Å²) in [5.74, 6) is -0.300. The first-order chi connectivity index (χ1) is 12.7. The van der Waals surface area contributed by atoms with E-state index in [1.54, 1.807) is 6.07 Å². The van der Waals surface area contributed by atoms with Crippen molar-refractivity contribution < 1.29 is 14.5 Å². The van der Waals surface area contributed by atoms with Crippen LogP contribution in [0.2, 0.25) is 15.1 Å². The second-order valence-corrected chi connectivity index (χ2v) is 6.89. The van der Waals surface area contributed by atoms with E-state index in [1.807, 2.05) is 0 Å². The summed E-state index contributed by atoms with van der Waals surface area (Å²) in [6, 6.07) is 8.58. The number of carbonyl (C=O) groups excluding carboxylic acids is 1. The van der Waals surface area contributed by atoms with Crippen molar-refractivity contribution in [1.82, 2.24) is 5.32 Å². The van der Waals surface area contributed by atoms with E-state index in [9.17, 15) is 14.9 Å². The number of carbonyl (C=O) groups is 1. The molecule has 2 N–H and O–H groups in total. The molecule has 0 aromatic heterocycles. The van der Waals surface area contributed by atoms with Crippen molar-refractivity contribution in [1.29, 1.82) is 0 Å². The van der Waals surface area contributed by atoms with Gasteiger partial charge in [0.25, 0.3) is 11.6 Å². The minimum atomic E-state index is -0.941. The zero-order valence-electron chi connectivity index (χ0n) is 13.7. The quantitative estimate of drug-likeness (QED) is 0.386. The van der Waals surface area contributed by atoms with Crippen LogP contribution in [0.15, 0.2) is 36.4 Å². The number of rotatable bonds is 5. The second-order valence-electron chi connectivity index (χ2n) is 5.20. The molecule has 0 heterocycles. The van der Waals surface area contributed by atoms with Crippen molar-refractivity contribution in [2.24, 2.45) is 0 Å². The van der Waals surface area contributed by atoms with Gasteiger partial charge in [0.05, 0.1) is 9.95 Å². The van der Waals surface area contributed by atoms with E-state index in [0.717, 1.165) is 0 Å². The molecule has 142 valence electrons. The first-order valence-corrected chi connectivity index (χ1v) is 8.89. The normalized spacial score (nSPS) is 11.4. The third kappa shape index (κ3) is 5.93. The topological polar surface area (TPSA) is 93.5 Å². The van der Waals surface area contributed by atoms with Crippen LogP contribution in [0.1, 0.15) is 6.92 Å². The molecule has 0 aliphatic carbocycles. The number of hydrogen-bond acceptors (Lipinski definition) is 5. The van der Waals surface area contributed by atoms with Crippen molar-refractivity contribution >= 4 is 69.4 Å². The Bertz CT molecular complexity index is 910. The number of nitro benzene ring substituents is 1. The van der Waals surface area contributed by atoms with Gasteiger partial charge in [0.1, 0.15) is 11.4 Å². The lowest BCUT2D eigenvalue weighted by Crippen LogP contribution is -2.42. The number of anilines is 1. The molecule has 0 saturated heterocycles. The summed E-state index contributed by atoms with van der Waals surface area (Å²) in [6.07, 6.45) is -0.941. The number of benzene rings is 2. The zero-order chi connectivity index (χ0) is 20.1. The summed E-state index contributed by atoms with van der Waals surface area (Å²) in [6.45, 7) is 1.49. The van der Waals surface area contributed by atoms with Gasteiger partial charge in [-0.05, 0) is 49.5 Å². The number of nitro groups is 1. The molecule has 0 fully saturated rings. The number of halogens is 3. The molecule has 0 bridgehead atoms. The molecule has 0 saturated carbocycles. The van der Waals surface area contributed by atoms with E-state index in [2.05, 4.69) is 10.6 Å². The first-order valence-electron chi connectivity index (χ1n) is 7.35. The van der Waals surface area contributed by atoms with Gasteiger partial charge in [0.15, 0.2) is 11.2 Å². The van der Waals surface area contributed by atoms with Crippen LogP contribution in [-0.2, 0) is 4.79 Å². The summed E-state index contributed by atoms with van der Waals surface area (Å²) < 4.78 is 5.47. The van der Waals surface area contributed by atoms with Crippen LogP contribution in [0.3, 0.4) is 0 Å². The highest BCUT2D eigenvalue weighted by molar-refractivity contribution is 7.80. The number of amides is 1. The Morgan fingerprint density at radius 2 is 1.81 bits per heavy atom. The Morgan fingerprint density at radius 1 is 1.19 bits per heavy atom. The Hall–Kier alpha value is -2.13. The van der Waals surface area contributed by atoms with Gasteiger partial charge in [-0.25, -0.2) is 0 Å². The average Bonchev–Trinajstić information content (AvgIpc) is 2.58. The molecule has 0 spiro atoms. The molecule has 11 heteroatoms. The molecule has 0 aliphatic rings. The van der Waals surface area contributed by atoms with Crippen molar-refractivity contribution in [3.05, 3.63) is 61.6 Å². The number of nitrogens with zero attached hydrogens (tertiary/aromatic N) is 1. The Morgan fingerprint density at radius 3 is 2.44 bits per heavy atom. The van der Waals surface area contributed by atoms with Gasteiger partial charge in [-0.2, -0.15) is 0 Å². The van der Waals surface area contributed by atoms with Crippen molar-refractivity contribution in [2.75, 3.05) is 5.32 Å². The highest BCUT2D eigenvalue weighted by atomic mass is 35.5. The number of nitrogens with one attached hydrogen (secondary N) is 2. The zero-order valence-corrected chi connectivity index (χ0v) is 16.7.